The molecule has 1 aliphatic heterocycles. The summed E-state index contributed by atoms with van der Waals surface area (Å²) in [6.07, 6.45) is 4.11. The minimum atomic E-state index is -0.0375. The average molecular weight is 327 g/mol. The van der Waals surface area contributed by atoms with Crippen LogP contribution in [0.2, 0.25) is 0 Å². The van der Waals surface area contributed by atoms with Gasteiger partial charge in [0, 0.05) is 26.6 Å². The molecule has 2 heterocycles. The number of ether oxygens (including phenoxy) is 1. The van der Waals surface area contributed by atoms with Gasteiger partial charge >= 0.3 is 0 Å². The SMILES string of the molecule is CCn1ncc2c1[C@H](COC)N(C(=O)CCc1ccccc1)CC2. The van der Waals surface area contributed by atoms with Gasteiger partial charge in [-0.1, -0.05) is 30.3 Å². The normalized spacial score (nSPS) is 16.9. The second-order valence-corrected chi connectivity index (χ2v) is 6.16. The first-order chi connectivity index (χ1) is 11.7. The number of carbonyl (C=O) groups is 1. The zero-order valence-corrected chi connectivity index (χ0v) is 14.4. The zero-order valence-electron chi connectivity index (χ0n) is 14.4. The van der Waals surface area contributed by atoms with Gasteiger partial charge < -0.3 is 9.64 Å². The third-order valence-corrected chi connectivity index (χ3v) is 4.69. The van der Waals surface area contributed by atoms with Crippen LogP contribution in [-0.4, -0.2) is 40.8 Å². The predicted octanol–water partition coefficient (Wildman–Crippen LogP) is 2.61. The maximum absolute atomic E-state index is 12.8. The van der Waals surface area contributed by atoms with Crippen molar-refractivity contribution in [2.24, 2.45) is 0 Å². The van der Waals surface area contributed by atoms with Crippen LogP contribution in [0.15, 0.2) is 36.5 Å². The van der Waals surface area contributed by atoms with Gasteiger partial charge in [0.05, 0.1) is 24.5 Å². The van der Waals surface area contributed by atoms with Gasteiger partial charge in [-0.2, -0.15) is 5.10 Å². The van der Waals surface area contributed by atoms with Gasteiger partial charge in [0.1, 0.15) is 0 Å². The number of hydrogen-bond acceptors (Lipinski definition) is 3. The molecule has 24 heavy (non-hydrogen) atoms. The lowest BCUT2D eigenvalue weighted by atomic mass is 9.99. The van der Waals surface area contributed by atoms with E-state index in [4.69, 9.17) is 4.74 Å². The lowest BCUT2D eigenvalue weighted by molar-refractivity contribution is -0.135. The minimum Gasteiger partial charge on any atom is -0.382 e. The molecule has 0 aliphatic carbocycles. The number of amides is 1. The Labute approximate surface area is 143 Å². The molecule has 0 radical (unpaired) electrons. The number of methoxy groups -OCH3 is 1. The molecule has 0 N–H and O–H groups in total. The number of carbonyl (C=O) groups excluding carboxylic acids is 1. The molecule has 1 aromatic heterocycles. The Kier molecular flexibility index (Phi) is 5.30. The van der Waals surface area contributed by atoms with Gasteiger partial charge in [0.2, 0.25) is 5.91 Å². The Morgan fingerprint density at radius 2 is 2.12 bits per heavy atom. The second kappa shape index (κ2) is 7.62. The van der Waals surface area contributed by atoms with Gasteiger partial charge in [-0.25, -0.2) is 0 Å². The fourth-order valence-electron chi connectivity index (χ4n) is 3.47. The van der Waals surface area contributed by atoms with E-state index in [0.717, 1.165) is 31.6 Å². The molecular weight excluding hydrogens is 302 g/mol. The molecule has 2 aromatic rings. The number of nitrogens with zero attached hydrogens (tertiary/aromatic N) is 3. The molecule has 1 aromatic carbocycles. The van der Waals surface area contributed by atoms with Gasteiger partial charge in [0.25, 0.3) is 0 Å². The van der Waals surface area contributed by atoms with Crippen LogP contribution in [0.1, 0.15) is 36.2 Å². The van der Waals surface area contributed by atoms with E-state index in [-0.39, 0.29) is 11.9 Å². The number of rotatable bonds is 6. The Bertz CT molecular complexity index is 668. The van der Waals surface area contributed by atoms with Crippen LogP contribution < -0.4 is 0 Å². The summed E-state index contributed by atoms with van der Waals surface area (Å²) in [7, 11) is 1.69. The molecular formula is C19H25N3O2. The molecule has 0 fully saturated rings. The Balaban J connectivity index is 1.75. The second-order valence-electron chi connectivity index (χ2n) is 6.16. The van der Waals surface area contributed by atoms with Crippen molar-refractivity contribution in [1.29, 1.82) is 0 Å². The molecule has 0 saturated heterocycles. The summed E-state index contributed by atoms with van der Waals surface area (Å²) < 4.78 is 7.41. The summed E-state index contributed by atoms with van der Waals surface area (Å²) in [5.41, 5.74) is 3.58. The van der Waals surface area contributed by atoms with E-state index in [2.05, 4.69) is 24.2 Å². The van der Waals surface area contributed by atoms with Crippen LogP contribution in [0.4, 0.5) is 0 Å². The first-order valence-electron chi connectivity index (χ1n) is 8.61. The van der Waals surface area contributed by atoms with Crippen molar-refractivity contribution < 1.29 is 9.53 Å². The quantitative estimate of drug-likeness (QED) is 0.819. The van der Waals surface area contributed by atoms with Gasteiger partial charge in [-0.05, 0) is 30.9 Å². The van der Waals surface area contributed by atoms with Gasteiger partial charge in [0.15, 0.2) is 0 Å². The molecule has 1 atom stereocenters. The lowest BCUT2D eigenvalue weighted by Crippen LogP contribution is -2.42. The predicted molar refractivity (Wildman–Crippen MR) is 92.7 cm³/mol. The highest BCUT2D eigenvalue weighted by molar-refractivity contribution is 5.77. The third-order valence-electron chi connectivity index (χ3n) is 4.69. The van der Waals surface area contributed by atoms with E-state index in [1.54, 1.807) is 7.11 Å². The van der Waals surface area contributed by atoms with Crippen LogP contribution in [0.5, 0.6) is 0 Å². The topological polar surface area (TPSA) is 47.4 Å². The van der Waals surface area contributed by atoms with Crippen LogP contribution in [0.3, 0.4) is 0 Å². The smallest absolute Gasteiger partial charge is 0.223 e. The Morgan fingerprint density at radius 3 is 2.83 bits per heavy atom. The number of hydrogen-bond donors (Lipinski definition) is 0. The highest BCUT2D eigenvalue weighted by Gasteiger charge is 2.33. The van der Waals surface area contributed by atoms with Crippen molar-refractivity contribution in [3.63, 3.8) is 0 Å². The largest absolute Gasteiger partial charge is 0.382 e. The van der Waals surface area contributed by atoms with E-state index in [0.29, 0.717) is 13.0 Å². The summed E-state index contributed by atoms with van der Waals surface area (Å²) >= 11 is 0. The molecule has 0 spiro atoms. The van der Waals surface area contributed by atoms with Crippen molar-refractivity contribution in [3.8, 4) is 0 Å². The summed E-state index contributed by atoms with van der Waals surface area (Å²) in [5.74, 6) is 0.190. The first kappa shape index (κ1) is 16.7. The van der Waals surface area contributed by atoms with Crippen molar-refractivity contribution >= 4 is 5.91 Å². The van der Waals surface area contributed by atoms with Crippen molar-refractivity contribution in [2.45, 2.75) is 38.8 Å². The fraction of sp³-hybridized carbons (Fsp3) is 0.474. The standard InChI is InChI=1S/C19H25N3O2/c1-3-22-19-16(13-20-22)11-12-21(17(19)14-24-2)18(23)10-9-15-7-5-4-6-8-15/h4-8,13,17H,3,9-12,14H2,1-2H3/t17-/m0/s1. The Hall–Kier alpha value is -2.14. The number of benzene rings is 1. The molecule has 5 nitrogen and oxygen atoms in total. The highest BCUT2D eigenvalue weighted by atomic mass is 16.5. The monoisotopic (exact) mass is 327 g/mol. The lowest BCUT2D eigenvalue weighted by Gasteiger charge is -2.36. The average Bonchev–Trinajstić information content (AvgIpc) is 3.04. The van der Waals surface area contributed by atoms with Crippen LogP contribution in [0.25, 0.3) is 0 Å². The zero-order chi connectivity index (χ0) is 16.9. The van der Waals surface area contributed by atoms with E-state index >= 15 is 0 Å². The van der Waals surface area contributed by atoms with Crippen LogP contribution >= 0.6 is 0 Å². The summed E-state index contributed by atoms with van der Waals surface area (Å²) in [5, 5.41) is 4.46. The van der Waals surface area contributed by atoms with E-state index in [1.807, 2.05) is 34.0 Å². The molecule has 128 valence electrons. The molecule has 0 saturated carbocycles. The molecule has 1 aliphatic rings. The fourth-order valence-corrected chi connectivity index (χ4v) is 3.47. The molecule has 1 amide bonds. The van der Waals surface area contributed by atoms with Crippen molar-refractivity contribution in [3.05, 3.63) is 53.3 Å². The number of fused-ring (bicyclic) bond motifs is 1. The van der Waals surface area contributed by atoms with E-state index in [1.165, 1.54) is 11.1 Å². The third kappa shape index (κ3) is 3.36. The van der Waals surface area contributed by atoms with Gasteiger partial charge in [-0.15, -0.1) is 0 Å². The summed E-state index contributed by atoms with van der Waals surface area (Å²) in [4.78, 5) is 14.8. The molecule has 0 unspecified atom stereocenters. The molecule has 5 heteroatoms. The highest BCUT2D eigenvalue weighted by Crippen LogP contribution is 2.30. The number of aryl methyl sites for hydroxylation is 2. The Morgan fingerprint density at radius 1 is 1.33 bits per heavy atom. The minimum absolute atomic E-state index is 0.0375. The summed E-state index contributed by atoms with van der Waals surface area (Å²) in [6, 6.07) is 10.1. The summed E-state index contributed by atoms with van der Waals surface area (Å²) in [6.45, 7) is 4.13. The number of aromatic nitrogens is 2. The molecule has 0 bridgehead atoms. The van der Waals surface area contributed by atoms with E-state index < -0.39 is 0 Å². The van der Waals surface area contributed by atoms with Crippen LogP contribution in [-0.2, 0) is 28.9 Å². The van der Waals surface area contributed by atoms with Crippen LogP contribution in [0, 0.1) is 0 Å². The van der Waals surface area contributed by atoms with E-state index in [9.17, 15) is 4.79 Å². The van der Waals surface area contributed by atoms with Gasteiger partial charge in [-0.3, -0.25) is 9.48 Å². The molecule has 3 rings (SSSR count). The maximum atomic E-state index is 12.8. The first-order valence-corrected chi connectivity index (χ1v) is 8.61. The van der Waals surface area contributed by atoms with Crippen molar-refractivity contribution in [2.75, 3.05) is 20.3 Å². The van der Waals surface area contributed by atoms with Crippen molar-refractivity contribution in [1.82, 2.24) is 14.7 Å². The maximum Gasteiger partial charge on any atom is 0.223 e.